The van der Waals surface area contributed by atoms with Gasteiger partial charge in [0, 0.05) is 23.6 Å². The predicted molar refractivity (Wildman–Crippen MR) is 265 cm³/mol. The van der Waals surface area contributed by atoms with Gasteiger partial charge in [-0.25, -0.2) is 82.2 Å². The summed E-state index contributed by atoms with van der Waals surface area (Å²) in [6.07, 6.45) is -2.82. The van der Waals surface area contributed by atoms with Crippen molar-refractivity contribution in [1.29, 1.82) is 0 Å². The van der Waals surface area contributed by atoms with Crippen LogP contribution in [0.25, 0.3) is 0 Å². The molecule has 12 atom stereocenters. The van der Waals surface area contributed by atoms with E-state index in [4.69, 9.17) is 58.7 Å². The number of hydrogen-bond donors (Lipinski definition) is 24. The summed E-state index contributed by atoms with van der Waals surface area (Å²) in [4.78, 5) is 226. The van der Waals surface area contributed by atoms with Crippen molar-refractivity contribution in [3.63, 3.8) is 0 Å². The maximum atomic E-state index is 13.0. The van der Waals surface area contributed by atoms with Crippen LogP contribution in [-0.4, -0.2) is 147 Å². The van der Waals surface area contributed by atoms with E-state index in [2.05, 4.69) is 77.0 Å². The van der Waals surface area contributed by atoms with Gasteiger partial charge in [0.2, 0.25) is 0 Å². The summed E-state index contributed by atoms with van der Waals surface area (Å²) in [5.41, 5.74) is 0. The van der Waals surface area contributed by atoms with Crippen LogP contribution in [0, 0.1) is 0 Å². The summed E-state index contributed by atoms with van der Waals surface area (Å²) < 4.78 is 283. The molecule has 12 unspecified atom stereocenters. The summed E-state index contributed by atoms with van der Waals surface area (Å²) in [6.45, 7) is 0. The minimum atomic E-state index is -7.32. The summed E-state index contributed by atoms with van der Waals surface area (Å²) in [7, 11) is -138. The lowest BCUT2D eigenvalue weighted by molar-refractivity contribution is 0.136. The van der Waals surface area contributed by atoms with E-state index in [-0.39, 0.29) is 21.6 Å². The Hall–Kier alpha value is 3.59. The zero-order valence-electron chi connectivity index (χ0n) is 39.5. The molecule has 82 heteroatoms. The smallest absolute Gasteiger partial charge is 0.303 e. The third kappa shape index (κ3) is 45.3. The van der Waals surface area contributed by atoms with Crippen molar-refractivity contribution in [2.45, 2.75) is 24.9 Å². The molecule has 0 aromatic carbocycles. The van der Waals surface area contributed by atoms with Gasteiger partial charge in [0.05, 0.1) is 0 Å². The molecule has 0 bridgehead atoms. The van der Waals surface area contributed by atoms with Crippen LogP contribution in [0.5, 0.6) is 0 Å². The molecule has 0 aliphatic heterocycles. The molecule has 0 aromatic heterocycles. The van der Waals surface area contributed by atoms with Gasteiger partial charge in [-0.15, -0.1) is 0 Å². The molecule has 0 spiro atoms. The van der Waals surface area contributed by atoms with E-state index in [9.17, 15) is 141 Å². The Balaban J connectivity index is 7.98. The predicted octanol–water partition coefficient (Wildman–Crippen LogP) is 1.09. The van der Waals surface area contributed by atoms with E-state index in [1.165, 1.54) is 0 Å². The second-order valence-corrected chi connectivity index (χ2v) is 49.1. The van der Waals surface area contributed by atoms with Gasteiger partial charge in [0.25, 0.3) is 0 Å². The molecule has 0 amide bonds. The molecule has 24 N–H and O–H groups in total. The number of hydrogen-bond acceptors (Lipinski definition) is 38. The lowest BCUT2D eigenvalue weighted by Crippen LogP contribution is -2.43. The minimum absolute atomic E-state index is 0.0622. The first-order valence-electron chi connectivity index (χ1n) is 18.2. The van der Waals surface area contributed by atoms with Crippen LogP contribution >= 0.6 is 162 Å². The zero-order valence-corrected chi connectivity index (χ0v) is 59.3. The Labute approximate surface area is 491 Å². The highest BCUT2D eigenvalue weighted by atomic mass is 33.1. The molecule has 0 heterocycles. The first kappa shape index (κ1) is 91.6. The van der Waals surface area contributed by atoms with Crippen LogP contribution in [0.4, 0.5) is 0 Å². The Morgan fingerprint density at radius 2 is 0.330 bits per heavy atom. The van der Waals surface area contributed by atoms with Crippen LogP contribution < -0.4 is 0 Å². The molecular weight excluding hydrogens is 1710 g/mol. The van der Waals surface area contributed by atoms with Gasteiger partial charge in [-0.3, -0.25) is 25.3 Å². The summed E-state index contributed by atoms with van der Waals surface area (Å²) in [6, 6.07) is -4.21. The van der Waals surface area contributed by atoms with Crippen molar-refractivity contribution in [2.24, 2.45) is 0 Å². The van der Waals surface area contributed by atoms with Gasteiger partial charge in [-0.2, -0.15) is 51.7 Å². The molecule has 0 saturated heterocycles. The molecule has 60 nitrogen and oxygen atoms in total. The molecule has 0 saturated carbocycles. The maximum absolute atomic E-state index is 13.0. The molecular formula is C6H36O60P18S2Si2. The molecule has 0 rings (SSSR count). The highest BCUT2D eigenvalue weighted by molar-refractivity contribution is 8.76. The van der Waals surface area contributed by atoms with Gasteiger partial charge < -0.3 is 117 Å². The van der Waals surface area contributed by atoms with Crippen molar-refractivity contribution in [3.05, 3.63) is 0 Å². The van der Waals surface area contributed by atoms with Gasteiger partial charge >= 0.3 is 158 Å². The third-order valence-corrected chi connectivity index (χ3v) is 42.2. The van der Waals surface area contributed by atoms with Gasteiger partial charge in [0.15, 0.2) is 0 Å². The molecule has 0 aromatic rings. The summed E-state index contributed by atoms with van der Waals surface area (Å²) >= 11 is 0. The van der Waals surface area contributed by atoms with E-state index in [1.807, 2.05) is 0 Å². The maximum Gasteiger partial charge on any atom is 0.526 e. The first-order chi connectivity index (χ1) is 37.9. The fourth-order valence-electron chi connectivity index (χ4n) is 4.02. The van der Waals surface area contributed by atoms with Crippen molar-refractivity contribution in [3.8, 4) is 0 Å². The normalized spacial score (nSPS) is 23.3. The lowest BCUT2D eigenvalue weighted by atomic mass is 10.6. The average Bonchev–Trinajstić information content (AvgIpc) is 3.04. The first-order valence-corrected chi connectivity index (χ1v) is 51.7. The quantitative estimate of drug-likeness (QED) is 0.0176. The van der Waals surface area contributed by atoms with Gasteiger partial charge in [0.1, 0.15) is 0 Å². The Kier molecular flexibility index (Phi) is 33.8. The third-order valence-electron chi connectivity index (χ3n) is 5.53. The minimum Gasteiger partial charge on any atom is -0.303 e. The van der Waals surface area contributed by atoms with Crippen LogP contribution in [0.1, 0.15) is 12.8 Å². The fraction of sp³-hybridized carbons (Fsp3) is 1.00. The van der Waals surface area contributed by atoms with E-state index in [0.717, 1.165) is 0 Å². The monoisotopic (exact) mass is 1750 g/mol. The van der Waals surface area contributed by atoms with Crippen molar-refractivity contribution < 1.29 is 277 Å². The Morgan fingerprint density at radius 3 is 0.443 bits per heavy atom. The number of rotatable bonds is 45. The average molecular weight is 1750 g/mol. The van der Waals surface area contributed by atoms with E-state index >= 15 is 0 Å². The number of phosphoric acid groups is 18. The fourth-order valence-corrected chi connectivity index (χ4v) is 38.8. The van der Waals surface area contributed by atoms with Crippen LogP contribution in [-0.2, 0) is 159 Å². The molecule has 0 radical (unpaired) electrons. The highest BCUT2D eigenvalue weighted by Gasteiger charge is 2.63. The Bertz CT molecular complexity index is 2810. The van der Waals surface area contributed by atoms with Crippen molar-refractivity contribution in [1.82, 2.24) is 0 Å². The second kappa shape index (κ2) is 32.5. The highest BCUT2D eigenvalue weighted by Crippen LogP contribution is 2.76. The van der Waals surface area contributed by atoms with Crippen LogP contribution in [0.15, 0.2) is 0 Å². The largest absolute Gasteiger partial charge is 0.526 e. The summed E-state index contributed by atoms with van der Waals surface area (Å²) in [5, 5.41) is 0. The second-order valence-electron chi connectivity index (χ2n) is 13.3. The van der Waals surface area contributed by atoms with Gasteiger partial charge in [-0.1, -0.05) is 21.6 Å². The van der Waals surface area contributed by atoms with E-state index in [1.54, 1.807) is 0 Å². The molecule has 0 aliphatic carbocycles. The molecule has 0 fully saturated rings. The van der Waals surface area contributed by atoms with E-state index < -0.39 is 195 Å². The van der Waals surface area contributed by atoms with Gasteiger partial charge in [-0.05, 0) is 12.8 Å². The van der Waals surface area contributed by atoms with E-state index in [0.29, 0.717) is 0 Å². The lowest BCUT2D eigenvalue weighted by Gasteiger charge is -2.32. The molecule has 0 aliphatic rings. The Morgan fingerprint density at radius 1 is 0.205 bits per heavy atom. The summed E-state index contributed by atoms with van der Waals surface area (Å²) in [5.74, 6) is -2.18. The van der Waals surface area contributed by atoms with Crippen molar-refractivity contribution in [2.75, 3.05) is 11.5 Å². The SMILES string of the molecule is O=P(O)(O)OP(=O)(O)OP(=O)(O)O[Si](CCCSSCCC[Si](OP(=O)(O)OP(=O)(O)OP(=O)(O)O)(OP(=O)(O)OP(=O)(O)OP(=O)(O)O)OP(=O)(O)OP(=O)(O)OP(=O)(O)O)(OP(=O)(O)OP(=O)(O)OP(=O)(O)O)OP(=O)(O)OP(=O)(O)OP(=O)(O)O. The molecule has 88 heavy (non-hydrogen) atoms. The standard InChI is InChI=1S/C6H36O60P18S2Si2/c7-67(8,9)49-73(25,26)55-79(37,38)61-87(62-80(39,40)56-74(27,28)50-68(10,11)12,63-81(41,42)57-75(29,30)51-69(13,14)15)5-1-3-85-86-4-2-6-88(64-82(43,44)58-76(31,32)52-70(16,17)18,65-83(45,46)59-77(33,34)53-71(19,20)21)66-84(47,48)60-78(35,36)54-72(22,23)24/h1-6H2,(H,25,26)(H,27,28)(H,29,30)(H,31,32)(H,33,34)(H,35,36)(H,37,38)(H,39,40)(H,41,42)(H,43,44)(H,45,46)(H,47,48)(H2,7,8,9)(H2,10,11,12)(H2,13,14,15)(H2,16,17,18)(H2,19,20,21)(H2,22,23,24). The van der Waals surface area contributed by atoms with Crippen molar-refractivity contribution >= 4 is 180 Å². The van der Waals surface area contributed by atoms with Crippen LogP contribution in [0.2, 0.25) is 12.1 Å². The molecule has 530 valence electrons. The zero-order chi connectivity index (χ0) is 70.4. The topological polar surface area (TPSA) is 959 Å². The van der Waals surface area contributed by atoms with Crippen LogP contribution in [0.3, 0.4) is 0 Å².